The maximum absolute atomic E-state index is 2.82. The molecule has 0 spiro atoms. The highest BCUT2D eigenvalue weighted by molar-refractivity contribution is 6.91. The second-order valence-electron chi connectivity index (χ2n) is 12.3. The third-order valence-corrected chi connectivity index (χ3v) is 10.3. The molecule has 6 aliphatic rings. The van der Waals surface area contributed by atoms with E-state index in [1.54, 1.807) is 0 Å². The highest BCUT2D eigenvalue weighted by Gasteiger charge is 2.53. The van der Waals surface area contributed by atoms with Crippen LogP contribution in [-0.2, 0) is 0 Å². The van der Waals surface area contributed by atoms with Gasteiger partial charge in [-0.05, 0) is 47.1 Å². The molecule has 0 bridgehead atoms. The average Bonchev–Trinajstić information content (AvgIpc) is 3.05. The quantitative estimate of drug-likeness (QED) is 0.257. The van der Waals surface area contributed by atoms with Crippen molar-refractivity contribution in [3.8, 4) is 0 Å². The lowest BCUT2D eigenvalue weighted by Gasteiger charge is -2.56. The first kappa shape index (κ1) is 23.5. The molecule has 9 rings (SSSR count). The van der Waals surface area contributed by atoms with E-state index >= 15 is 0 Å². The molecule has 3 aromatic carbocycles. The van der Waals surface area contributed by atoms with Crippen LogP contribution in [0.25, 0.3) is 10.8 Å². The molecule has 3 heteroatoms. The summed E-state index contributed by atoms with van der Waals surface area (Å²) in [6, 6.07) is 22.0. The minimum Gasteiger partial charge on any atom is -0.362 e. The topological polar surface area (TPSA) is 6.48 Å². The summed E-state index contributed by atoms with van der Waals surface area (Å²) in [5.74, 6) is 1.30. The lowest BCUT2D eigenvalue weighted by Crippen LogP contribution is -2.67. The van der Waals surface area contributed by atoms with E-state index in [-0.39, 0.29) is 0 Å². The van der Waals surface area contributed by atoms with E-state index in [9.17, 15) is 0 Å². The summed E-state index contributed by atoms with van der Waals surface area (Å²) in [6.07, 6.45) is 35.0. The third kappa shape index (κ3) is 3.38. The van der Waals surface area contributed by atoms with Crippen molar-refractivity contribution in [1.82, 2.24) is 0 Å². The zero-order valence-electron chi connectivity index (χ0n) is 23.1. The third-order valence-electron chi connectivity index (χ3n) is 10.3. The second-order valence-corrected chi connectivity index (χ2v) is 12.3. The molecule has 2 heterocycles. The summed E-state index contributed by atoms with van der Waals surface area (Å²) in [5.41, 5.74) is 7.22. The fourth-order valence-corrected chi connectivity index (χ4v) is 8.68. The standard InChI is InChI=1S/C38H33BN2/c1-3-14-28(15-4-1)40-34-20-11-21-35-36(34)39(32-24-22-26-12-7-9-18-30(26)37(32)40)33-25-23-27-13-8-10-19-31(27)38(33)41(35)29-16-5-2-6-17-29/h1-14,16,18-26,28-30,32,37H,15,17H2. The van der Waals surface area contributed by atoms with Gasteiger partial charge in [-0.1, -0.05) is 128 Å². The molecule has 2 aliphatic heterocycles. The molecule has 0 N–H and O–H groups in total. The van der Waals surface area contributed by atoms with Crippen LogP contribution in [0.4, 0.5) is 17.1 Å². The zero-order valence-corrected chi connectivity index (χ0v) is 23.1. The molecule has 0 radical (unpaired) electrons. The Morgan fingerprint density at radius 1 is 0.634 bits per heavy atom. The van der Waals surface area contributed by atoms with E-state index in [0.29, 0.717) is 42.5 Å². The molecule has 198 valence electrons. The molecule has 0 saturated carbocycles. The van der Waals surface area contributed by atoms with Crippen molar-refractivity contribution in [2.24, 2.45) is 11.8 Å². The summed E-state index contributed by atoms with van der Waals surface area (Å²) in [5, 5.41) is 2.68. The SMILES string of the molecule is C1=CCC(N2c3cccc4c3B(c3ccc5ccccc5c32)C2C=CC3C=CC=CC3C2N4C2C=CC=CC2)C=C1. The summed E-state index contributed by atoms with van der Waals surface area (Å²) in [4.78, 5) is 5.51. The van der Waals surface area contributed by atoms with Gasteiger partial charge in [-0.25, -0.2) is 0 Å². The lowest BCUT2D eigenvalue weighted by molar-refractivity contribution is 0.378. The van der Waals surface area contributed by atoms with Crippen LogP contribution in [0.3, 0.4) is 0 Å². The second kappa shape index (κ2) is 9.14. The van der Waals surface area contributed by atoms with Gasteiger partial charge in [-0.15, -0.1) is 0 Å². The molecular formula is C38H33BN2. The van der Waals surface area contributed by atoms with Gasteiger partial charge >= 0.3 is 0 Å². The van der Waals surface area contributed by atoms with E-state index in [1.165, 1.54) is 38.8 Å². The predicted molar refractivity (Wildman–Crippen MR) is 175 cm³/mol. The Hall–Kier alpha value is -4.24. The smallest absolute Gasteiger partial charge is 0.226 e. The van der Waals surface area contributed by atoms with Gasteiger partial charge < -0.3 is 9.80 Å². The number of rotatable bonds is 2. The van der Waals surface area contributed by atoms with Crippen LogP contribution in [0.1, 0.15) is 12.8 Å². The number of anilines is 3. The van der Waals surface area contributed by atoms with E-state index < -0.39 is 0 Å². The zero-order chi connectivity index (χ0) is 26.9. The van der Waals surface area contributed by atoms with Crippen molar-refractivity contribution in [3.05, 3.63) is 140 Å². The fourth-order valence-electron chi connectivity index (χ4n) is 8.68. The molecule has 6 unspecified atom stereocenters. The molecule has 0 amide bonds. The van der Waals surface area contributed by atoms with Gasteiger partial charge in [0.1, 0.15) is 0 Å². The Bertz CT molecular complexity index is 1770. The first-order chi connectivity index (χ1) is 20.4. The predicted octanol–water partition coefficient (Wildman–Crippen LogP) is 7.16. The number of fused-ring (bicyclic) bond motifs is 8. The summed E-state index contributed by atoms with van der Waals surface area (Å²) >= 11 is 0. The van der Waals surface area contributed by atoms with Gasteiger partial charge in [-0.3, -0.25) is 0 Å². The molecular weight excluding hydrogens is 495 g/mol. The van der Waals surface area contributed by atoms with Crippen molar-refractivity contribution >= 4 is 45.5 Å². The summed E-state index contributed by atoms with van der Waals surface area (Å²) in [6.45, 7) is 0.320. The monoisotopic (exact) mass is 528 g/mol. The number of allylic oxidation sites excluding steroid dienone is 8. The van der Waals surface area contributed by atoms with Crippen molar-refractivity contribution in [3.63, 3.8) is 0 Å². The number of hydrogen-bond acceptors (Lipinski definition) is 2. The van der Waals surface area contributed by atoms with Crippen LogP contribution in [0, 0.1) is 11.8 Å². The van der Waals surface area contributed by atoms with Crippen molar-refractivity contribution in [1.29, 1.82) is 0 Å². The van der Waals surface area contributed by atoms with Gasteiger partial charge in [-0.2, -0.15) is 0 Å². The van der Waals surface area contributed by atoms with Gasteiger partial charge in [0, 0.05) is 40.3 Å². The number of nitrogens with zero attached hydrogens (tertiary/aromatic N) is 2. The molecule has 0 saturated heterocycles. The lowest BCUT2D eigenvalue weighted by atomic mass is 9.28. The van der Waals surface area contributed by atoms with Gasteiger partial charge in [0.2, 0.25) is 6.71 Å². The minimum absolute atomic E-state index is 0.290. The van der Waals surface area contributed by atoms with Crippen molar-refractivity contribution in [2.45, 2.75) is 36.8 Å². The highest BCUT2D eigenvalue weighted by atomic mass is 15.2. The molecule has 41 heavy (non-hydrogen) atoms. The van der Waals surface area contributed by atoms with Crippen LogP contribution < -0.4 is 20.7 Å². The van der Waals surface area contributed by atoms with Crippen LogP contribution in [0.2, 0.25) is 5.82 Å². The van der Waals surface area contributed by atoms with E-state index in [1.807, 2.05) is 0 Å². The first-order valence-corrected chi connectivity index (χ1v) is 15.3. The van der Waals surface area contributed by atoms with Crippen LogP contribution in [0.15, 0.2) is 140 Å². The Morgan fingerprint density at radius 2 is 1.41 bits per heavy atom. The van der Waals surface area contributed by atoms with E-state index in [2.05, 4.69) is 149 Å². The molecule has 6 atom stereocenters. The van der Waals surface area contributed by atoms with Crippen molar-refractivity contribution < 1.29 is 0 Å². The maximum atomic E-state index is 2.82. The van der Waals surface area contributed by atoms with E-state index in [0.717, 1.165) is 12.8 Å². The molecule has 0 aromatic heterocycles. The fraction of sp³-hybridized carbons (Fsp3) is 0.211. The molecule has 3 aromatic rings. The number of hydrogen-bond donors (Lipinski definition) is 0. The maximum Gasteiger partial charge on any atom is 0.226 e. The molecule has 2 nitrogen and oxygen atoms in total. The molecule has 0 fully saturated rings. The molecule has 4 aliphatic carbocycles. The Labute approximate surface area is 243 Å². The van der Waals surface area contributed by atoms with Gasteiger partial charge in [0.05, 0.1) is 12.1 Å². The number of benzene rings is 3. The summed E-state index contributed by atoms with van der Waals surface area (Å²) < 4.78 is 0. The van der Waals surface area contributed by atoms with Crippen molar-refractivity contribution in [2.75, 3.05) is 9.80 Å². The Kier molecular flexibility index (Phi) is 5.23. The minimum atomic E-state index is 0.290. The highest BCUT2D eigenvalue weighted by Crippen LogP contribution is 2.50. The van der Waals surface area contributed by atoms with Gasteiger partial charge in [0.25, 0.3) is 0 Å². The van der Waals surface area contributed by atoms with Gasteiger partial charge in [0.15, 0.2) is 0 Å². The van der Waals surface area contributed by atoms with Crippen LogP contribution >= 0.6 is 0 Å². The Balaban J connectivity index is 1.34. The first-order valence-electron chi connectivity index (χ1n) is 15.3. The normalized spacial score (nSPS) is 29.9. The van der Waals surface area contributed by atoms with E-state index in [4.69, 9.17) is 0 Å². The summed E-state index contributed by atoms with van der Waals surface area (Å²) in [7, 11) is 0. The van der Waals surface area contributed by atoms with Crippen LogP contribution in [0.5, 0.6) is 0 Å². The largest absolute Gasteiger partial charge is 0.362 e. The average molecular weight is 529 g/mol. The van der Waals surface area contributed by atoms with Crippen LogP contribution in [-0.4, -0.2) is 24.8 Å². The Morgan fingerprint density at radius 3 is 2.27 bits per heavy atom.